The molecule has 0 saturated carbocycles. The quantitative estimate of drug-likeness (QED) is 0.468. The molecule has 1 aliphatic rings. The minimum absolute atomic E-state index is 0.224. The van der Waals surface area contributed by atoms with Crippen LogP contribution >= 0.6 is 0 Å². The third kappa shape index (κ3) is 5.33. The normalized spacial score (nSPS) is 13.7. The Balaban J connectivity index is 1.69. The van der Waals surface area contributed by atoms with Crippen molar-refractivity contribution >= 4 is 34.4 Å². The third-order valence-electron chi connectivity index (χ3n) is 6.14. The number of nitrogens with zero attached hydrogens (tertiary/aromatic N) is 3. The van der Waals surface area contributed by atoms with Gasteiger partial charge in [-0.3, -0.25) is 4.79 Å². The molecule has 7 nitrogen and oxygen atoms in total. The Morgan fingerprint density at radius 1 is 1.14 bits per heavy atom. The van der Waals surface area contributed by atoms with Crippen LogP contribution in [0.2, 0.25) is 0 Å². The summed E-state index contributed by atoms with van der Waals surface area (Å²) in [7, 11) is 3.23. The number of nitriles is 1. The fraction of sp³-hybridized carbons (Fsp3) is 0.286. The summed E-state index contributed by atoms with van der Waals surface area (Å²) in [5, 5.41) is 9.44. The van der Waals surface area contributed by atoms with Gasteiger partial charge >= 0.3 is 5.97 Å². The highest BCUT2D eigenvalue weighted by atomic mass is 16.5. The Labute approximate surface area is 204 Å². The van der Waals surface area contributed by atoms with E-state index in [9.17, 15) is 9.59 Å². The number of methoxy groups -OCH3 is 1. The van der Waals surface area contributed by atoms with Crippen molar-refractivity contribution in [2.24, 2.45) is 0 Å². The highest BCUT2D eigenvalue weighted by Crippen LogP contribution is 2.36. The Kier molecular flexibility index (Phi) is 7.41. The number of hydrogen-bond donors (Lipinski definition) is 0. The molecule has 0 saturated heterocycles. The number of esters is 1. The molecular weight excluding hydrogens is 442 g/mol. The number of likely N-dealkylation sites (N-methyl/N-ethyl adjacent to an activating group) is 1. The number of allylic oxidation sites excluding steroid dienone is 1. The van der Waals surface area contributed by atoms with Crippen LogP contribution in [0.15, 0.2) is 48.5 Å². The Morgan fingerprint density at radius 2 is 1.91 bits per heavy atom. The van der Waals surface area contributed by atoms with Crippen LogP contribution in [-0.2, 0) is 16.0 Å². The lowest BCUT2D eigenvalue weighted by atomic mass is 9.86. The van der Waals surface area contributed by atoms with Gasteiger partial charge in [-0.2, -0.15) is 5.26 Å². The van der Waals surface area contributed by atoms with Gasteiger partial charge in [-0.1, -0.05) is 30.3 Å². The maximum atomic E-state index is 13.3. The van der Waals surface area contributed by atoms with Crippen LogP contribution in [0.5, 0.6) is 5.75 Å². The summed E-state index contributed by atoms with van der Waals surface area (Å²) >= 11 is 0. The van der Waals surface area contributed by atoms with Gasteiger partial charge in [-0.25, -0.2) is 9.78 Å². The average molecular weight is 470 g/mol. The lowest BCUT2D eigenvalue weighted by Crippen LogP contribution is -2.32. The van der Waals surface area contributed by atoms with E-state index in [-0.39, 0.29) is 18.9 Å². The van der Waals surface area contributed by atoms with Crippen molar-refractivity contribution in [2.75, 3.05) is 27.3 Å². The molecular formula is C28H27N3O4. The molecule has 0 aliphatic heterocycles. The minimum Gasteiger partial charge on any atom is -0.497 e. The van der Waals surface area contributed by atoms with Crippen LogP contribution < -0.4 is 4.74 Å². The van der Waals surface area contributed by atoms with Gasteiger partial charge in [0.15, 0.2) is 6.61 Å². The number of para-hydroxylation sites is 1. The van der Waals surface area contributed by atoms with Crippen LogP contribution in [-0.4, -0.2) is 49.1 Å². The van der Waals surface area contributed by atoms with Crippen molar-refractivity contribution in [1.82, 2.24) is 9.88 Å². The van der Waals surface area contributed by atoms with E-state index >= 15 is 0 Å². The highest BCUT2D eigenvalue weighted by Gasteiger charge is 2.26. The zero-order chi connectivity index (χ0) is 24.8. The van der Waals surface area contributed by atoms with Crippen LogP contribution in [0.3, 0.4) is 0 Å². The number of rotatable bonds is 7. The first-order valence-corrected chi connectivity index (χ1v) is 11.6. The van der Waals surface area contributed by atoms with Crippen molar-refractivity contribution in [3.05, 3.63) is 70.9 Å². The van der Waals surface area contributed by atoms with Crippen molar-refractivity contribution in [2.45, 2.75) is 25.7 Å². The Hall–Kier alpha value is -4.18. The molecule has 1 heterocycles. The number of amides is 1. The summed E-state index contributed by atoms with van der Waals surface area (Å²) in [6, 6.07) is 17.3. The zero-order valence-electron chi connectivity index (χ0n) is 19.9. The van der Waals surface area contributed by atoms with E-state index in [1.165, 1.54) is 4.90 Å². The second-order valence-electron chi connectivity index (χ2n) is 8.43. The van der Waals surface area contributed by atoms with Gasteiger partial charge in [-0.05, 0) is 60.2 Å². The monoisotopic (exact) mass is 469 g/mol. The summed E-state index contributed by atoms with van der Waals surface area (Å²) < 4.78 is 10.7. The first-order valence-electron chi connectivity index (χ1n) is 11.6. The van der Waals surface area contributed by atoms with E-state index in [2.05, 4.69) is 6.08 Å². The van der Waals surface area contributed by atoms with Gasteiger partial charge in [0.1, 0.15) is 5.75 Å². The second kappa shape index (κ2) is 10.8. The van der Waals surface area contributed by atoms with Crippen LogP contribution in [0.4, 0.5) is 0 Å². The molecule has 2 aromatic carbocycles. The first kappa shape index (κ1) is 24.0. The van der Waals surface area contributed by atoms with Crippen LogP contribution in [0.1, 0.15) is 46.4 Å². The largest absolute Gasteiger partial charge is 0.497 e. The summed E-state index contributed by atoms with van der Waals surface area (Å²) in [5.74, 6) is -0.0911. The number of aromatic nitrogens is 1. The molecule has 35 heavy (non-hydrogen) atoms. The first-order chi connectivity index (χ1) is 17.0. The van der Waals surface area contributed by atoms with E-state index in [0.717, 1.165) is 41.0 Å². The fourth-order valence-corrected chi connectivity index (χ4v) is 4.26. The summed E-state index contributed by atoms with van der Waals surface area (Å²) in [5.41, 5.74) is 4.92. The maximum absolute atomic E-state index is 13.3. The predicted molar refractivity (Wildman–Crippen MR) is 134 cm³/mol. The summed E-state index contributed by atoms with van der Waals surface area (Å²) in [6.45, 7) is -0.0826. The van der Waals surface area contributed by atoms with Gasteiger partial charge in [-0.15, -0.1) is 0 Å². The molecule has 0 unspecified atom stereocenters. The molecule has 0 fully saturated rings. The van der Waals surface area contributed by atoms with Gasteiger partial charge in [0.05, 0.1) is 36.4 Å². The van der Waals surface area contributed by atoms with Crippen LogP contribution in [0.25, 0.3) is 22.6 Å². The van der Waals surface area contributed by atoms with Gasteiger partial charge in [0.2, 0.25) is 0 Å². The molecule has 0 N–H and O–H groups in total. The molecule has 7 heteroatoms. The second-order valence-corrected chi connectivity index (χ2v) is 8.43. The molecule has 4 rings (SSSR count). The molecule has 0 radical (unpaired) electrons. The average Bonchev–Trinajstić information content (AvgIpc) is 2.89. The van der Waals surface area contributed by atoms with Crippen molar-refractivity contribution in [1.29, 1.82) is 5.26 Å². The Bertz CT molecular complexity index is 1320. The van der Waals surface area contributed by atoms with Gasteiger partial charge in [0.25, 0.3) is 5.91 Å². The zero-order valence-corrected chi connectivity index (χ0v) is 19.9. The van der Waals surface area contributed by atoms with E-state index in [0.29, 0.717) is 29.4 Å². The summed E-state index contributed by atoms with van der Waals surface area (Å²) in [4.78, 5) is 32.0. The highest BCUT2D eigenvalue weighted by molar-refractivity contribution is 6.07. The minimum atomic E-state index is -0.535. The van der Waals surface area contributed by atoms with E-state index in [1.807, 2.05) is 54.6 Å². The number of pyridine rings is 1. The van der Waals surface area contributed by atoms with Crippen molar-refractivity contribution < 1.29 is 19.1 Å². The lowest BCUT2D eigenvalue weighted by Gasteiger charge is -2.23. The molecule has 0 bridgehead atoms. The van der Waals surface area contributed by atoms with Crippen molar-refractivity contribution in [3.63, 3.8) is 0 Å². The standard InChI is InChI=1S/C28H27N3O4/c1-31(16-6-15-29)25(32)18-35-28(33)26-22-8-3-4-10-24(22)30-27-20(7-5-9-23(26)27)17-19-11-13-21(34-2)14-12-19/h3-4,8,10-14,17H,5-7,9,16,18H2,1-2H3/b20-17+. The Morgan fingerprint density at radius 3 is 2.66 bits per heavy atom. The molecule has 0 spiro atoms. The summed E-state index contributed by atoms with van der Waals surface area (Å²) in [6.07, 6.45) is 4.75. The third-order valence-corrected chi connectivity index (χ3v) is 6.14. The number of carbonyl (C=O) groups excluding carboxylic acids is 2. The molecule has 3 aromatic rings. The number of fused-ring (bicyclic) bond motifs is 2. The number of hydrogen-bond acceptors (Lipinski definition) is 6. The maximum Gasteiger partial charge on any atom is 0.339 e. The van der Waals surface area contributed by atoms with E-state index < -0.39 is 5.97 Å². The number of benzene rings is 2. The predicted octanol–water partition coefficient (Wildman–Crippen LogP) is 4.65. The van der Waals surface area contributed by atoms with E-state index in [4.69, 9.17) is 19.7 Å². The lowest BCUT2D eigenvalue weighted by molar-refractivity contribution is -0.133. The van der Waals surface area contributed by atoms with Gasteiger partial charge in [0, 0.05) is 19.0 Å². The number of ether oxygens (including phenoxy) is 2. The van der Waals surface area contributed by atoms with Crippen LogP contribution in [0, 0.1) is 11.3 Å². The fourth-order valence-electron chi connectivity index (χ4n) is 4.26. The van der Waals surface area contributed by atoms with Crippen molar-refractivity contribution in [3.8, 4) is 11.8 Å². The molecule has 1 aromatic heterocycles. The molecule has 1 amide bonds. The molecule has 0 atom stereocenters. The molecule has 1 aliphatic carbocycles. The topological polar surface area (TPSA) is 92.5 Å². The van der Waals surface area contributed by atoms with Gasteiger partial charge < -0.3 is 14.4 Å². The number of carbonyl (C=O) groups is 2. The molecule has 178 valence electrons. The smallest absolute Gasteiger partial charge is 0.339 e. The SMILES string of the molecule is COc1ccc(/C=C2\CCCc3c2nc2ccccc2c3C(=O)OCC(=O)N(C)CCC#N)cc1. The van der Waals surface area contributed by atoms with E-state index in [1.54, 1.807) is 14.2 Å².